The Labute approximate surface area is 165 Å². The molecule has 2 heterocycles. The maximum atomic E-state index is 12.0. The normalized spacial score (nSPS) is 25.9. The van der Waals surface area contributed by atoms with E-state index in [-0.39, 0.29) is 18.6 Å². The molecule has 0 aromatic heterocycles. The maximum absolute atomic E-state index is 12.0. The van der Waals surface area contributed by atoms with E-state index in [0.29, 0.717) is 30.9 Å². The Morgan fingerprint density at radius 3 is 2.61 bits per heavy atom. The highest BCUT2D eigenvalue weighted by Gasteiger charge is 2.47. The number of urea groups is 1. The monoisotopic (exact) mass is 387 g/mol. The van der Waals surface area contributed by atoms with Gasteiger partial charge < -0.3 is 15.2 Å². The topological polar surface area (TPSA) is 99.7 Å². The molecule has 2 aliphatic rings. The number of nitrogens with one attached hydrogen (secondary N) is 3. The summed E-state index contributed by atoms with van der Waals surface area (Å²) in [7, 11) is 0. The number of para-hydroxylation sites is 1. The zero-order valence-corrected chi connectivity index (χ0v) is 16.0. The first-order valence-electron chi connectivity index (χ1n) is 10.0. The first-order valence-corrected chi connectivity index (χ1v) is 10.0. The van der Waals surface area contributed by atoms with Crippen LogP contribution in [0.25, 0.3) is 0 Å². The van der Waals surface area contributed by atoms with Crippen LogP contribution in [0.3, 0.4) is 0 Å². The van der Waals surface area contributed by atoms with Crippen molar-refractivity contribution in [3.8, 4) is 0 Å². The minimum Gasteiger partial charge on any atom is -0.481 e. The Hall–Kier alpha value is -2.38. The molecule has 7 heteroatoms. The van der Waals surface area contributed by atoms with Crippen molar-refractivity contribution in [1.82, 2.24) is 10.9 Å². The number of benzene rings is 1. The number of aliphatic carboxylic acids is 1. The number of fused-ring (bicyclic) bond motifs is 2. The van der Waals surface area contributed by atoms with Crippen LogP contribution in [0.4, 0.5) is 10.5 Å². The van der Waals surface area contributed by atoms with Gasteiger partial charge in [0, 0.05) is 24.6 Å². The number of unbranched alkanes of at least 4 members (excludes halogenated alkanes) is 1. The summed E-state index contributed by atoms with van der Waals surface area (Å²) in [6, 6.07) is 9.03. The summed E-state index contributed by atoms with van der Waals surface area (Å²) in [5.74, 6) is 0.0465. The highest BCUT2D eigenvalue weighted by atomic mass is 16.5. The maximum Gasteiger partial charge on any atom is 0.333 e. The largest absolute Gasteiger partial charge is 0.481 e. The lowest BCUT2D eigenvalue weighted by molar-refractivity contribution is -0.137. The van der Waals surface area contributed by atoms with Gasteiger partial charge in [-0.2, -0.15) is 0 Å². The van der Waals surface area contributed by atoms with Gasteiger partial charge in [0.15, 0.2) is 0 Å². The van der Waals surface area contributed by atoms with Crippen molar-refractivity contribution < 1.29 is 19.4 Å². The Balaban J connectivity index is 1.40. The van der Waals surface area contributed by atoms with Crippen molar-refractivity contribution >= 4 is 17.7 Å². The molecule has 1 aromatic rings. The molecule has 0 saturated carbocycles. The van der Waals surface area contributed by atoms with Crippen molar-refractivity contribution in [2.75, 3.05) is 11.9 Å². The third-order valence-electron chi connectivity index (χ3n) is 5.50. The third kappa shape index (κ3) is 5.81. The van der Waals surface area contributed by atoms with E-state index in [9.17, 15) is 9.59 Å². The molecule has 1 aromatic carbocycles. The number of carboxylic acids is 1. The predicted molar refractivity (Wildman–Crippen MR) is 107 cm³/mol. The second-order valence-electron chi connectivity index (χ2n) is 7.44. The summed E-state index contributed by atoms with van der Waals surface area (Å²) in [6.07, 6.45) is 9.54. The van der Waals surface area contributed by atoms with Gasteiger partial charge in [-0.3, -0.25) is 10.2 Å². The van der Waals surface area contributed by atoms with E-state index < -0.39 is 5.97 Å². The van der Waals surface area contributed by atoms with E-state index >= 15 is 0 Å². The molecule has 4 atom stereocenters. The van der Waals surface area contributed by atoms with E-state index in [1.54, 1.807) is 0 Å². The van der Waals surface area contributed by atoms with E-state index in [1.165, 1.54) is 0 Å². The van der Waals surface area contributed by atoms with E-state index in [4.69, 9.17) is 9.84 Å². The molecule has 2 aliphatic heterocycles. The molecule has 2 saturated heterocycles. The molecule has 7 nitrogen and oxygen atoms in total. The fraction of sp³-hybridized carbons (Fsp3) is 0.524. The van der Waals surface area contributed by atoms with Crippen molar-refractivity contribution in [1.29, 1.82) is 0 Å². The average Bonchev–Trinajstić information content (AvgIpc) is 3.27. The van der Waals surface area contributed by atoms with Crippen LogP contribution in [0.2, 0.25) is 0 Å². The zero-order chi connectivity index (χ0) is 19.8. The number of rotatable bonds is 10. The van der Waals surface area contributed by atoms with Gasteiger partial charge in [-0.25, -0.2) is 10.2 Å². The second kappa shape index (κ2) is 10.2. The molecule has 2 bridgehead atoms. The first-order chi connectivity index (χ1) is 13.6. The minimum absolute atomic E-state index is 0.213. The molecular formula is C21H29N3O4. The summed E-state index contributed by atoms with van der Waals surface area (Å²) in [5, 5.41) is 11.4. The highest BCUT2D eigenvalue weighted by molar-refractivity contribution is 5.88. The number of hydrogen-bond acceptors (Lipinski definition) is 4. The Morgan fingerprint density at radius 2 is 1.86 bits per heavy atom. The predicted octanol–water partition coefficient (Wildman–Crippen LogP) is 3.31. The standard InChI is InChI=1S/C21H29N3O4/c25-20(26)11-7-2-1-6-10-16-17(19-13-12-18(16)28-19)14-22-24-21(27)23-15-8-4-3-5-9-15/h1,3-6,8-9,16-19,22H,2,7,10-14H2,(H,25,26)(H2,23,24,27)/b6-1-/t16-,17-,18+,19-/m1/s1. The number of amides is 2. The number of hydrogen-bond donors (Lipinski definition) is 4. The van der Waals surface area contributed by atoms with E-state index in [1.807, 2.05) is 30.3 Å². The van der Waals surface area contributed by atoms with Crippen molar-refractivity contribution in [3.05, 3.63) is 42.5 Å². The number of anilines is 1. The quantitative estimate of drug-likeness (QED) is 0.280. The summed E-state index contributed by atoms with van der Waals surface area (Å²) in [4.78, 5) is 22.5. The number of allylic oxidation sites excluding steroid dienone is 2. The summed E-state index contributed by atoms with van der Waals surface area (Å²) in [5.41, 5.74) is 6.50. The summed E-state index contributed by atoms with van der Waals surface area (Å²) >= 11 is 0. The van der Waals surface area contributed by atoms with E-state index in [0.717, 1.165) is 31.4 Å². The first kappa shape index (κ1) is 20.4. The van der Waals surface area contributed by atoms with Crippen LogP contribution in [0.15, 0.2) is 42.5 Å². The van der Waals surface area contributed by atoms with Crippen LogP contribution < -0.4 is 16.2 Å². The van der Waals surface area contributed by atoms with Crippen LogP contribution in [0.5, 0.6) is 0 Å². The van der Waals surface area contributed by atoms with Crippen LogP contribution in [-0.2, 0) is 9.53 Å². The molecule has 0 unspecified atom stereocenters. The van der Waals surface area contributed by atoms with Crippen LogP contribution in [0, 0.1) is 11.8 Å². The zero-order valence-electron chi connectivity index (χ0n) is 16.0. The van der Waals surface area contributed by atoms with Gasteiger partial charge in [-0.1, -0.05) is 30.4 Å². The fourth-order valence-corrected chi connectivity index (χ4v) is 4.16. The second-order valence-corrected chi connectivity index (χ2v) is 7.44. The van der Waals surface area contributed by atoms with Crippen LogP contribution in [0.1, 0.15) is 38.5 Å². The molecule has 3 rings (SSSR count). The molecule has 2 fully saturated rings. The molecule has 2 amide bonds. The van der Waals surface area contributed by atoms with Gasteiger partial charge in [0.1, 0.15) is 0 Å². The average molecular weight is 387 g/mol. The Morgan fingerprint density at radius 1 is 1.11 bits per heavy atom. The lowest BCUT2D eigenvalue weighted by atomic mass is 9.77. The smallest absolute Gasteiger partial charge is 0.333 e. The Bertz CT molecular complexity index is 679. The van der Waals surface area contributed by atoms with Crippen molar-refractivity contribution in [2.24, 2.45) is 11.8 Å². The van der Waals surface area contributed by atoms with Gasteiger partial charge in [0.2, 0.25) is 0 Å². The lowest BCUT2D eigenvalue weighted by Gasteiger charge is -2.27. The summed E-state index contributed by atoms with van der Waals surface area (Å²) in [6.45, 7) is 0.668. The van der Waals surface area contributed by atoms with Gasteiger partial charge >= 0.3 is 12.0 Å². The van der Waals surface area contributed by atoms with Crippen LogP contribution >= 0.6 is 0 Å². The number of carbonyl (C=O) groups is 2. The molecular weight excluding hydrogens is 358 g/mol. The number of carbonyl (C=O) groups excluding carboxylic acids is 1. The fourth-order valence-electron chi connectivity index (χ4n) is 4.16. The molecule has 0 aliphatic carbocycles. The van der Waals surface area contributed by atoms with Crippen LogP contribution in [-0.4, -0.2) is 35.9 Å². The van der Waals surface area contributed by atoms with Gasteiger partial charge in [0.25, 0.3) is 0 Å². The van der Waals surface area contributed by atoms with Gasteiger partial charge in [0.05, 0.1) is 12.2 Å². The number of hydrazine groups is 1. The molecule has 0 radical (unpaired) electrons. The molecule has 152 valence electrons. The minimum atomic E-state index is -0.746. The van der Waals surface area contributed by atoms with Crippen molar-refractivity contribution in [3.63, 3.8) is 0 Å². The van der Waals surface area contributed by atoms with Crippen molar-refractivity contribution in [2.45, 2.75) is 50.7 Å². The van der Waals surface area contributed by atoms with Gasteiger partial charge in [-0.15, -0.1) is 0 Å². The lowest BCUT2D eigenvalue weighted by Crippen LogP contribution is -2.45. The van der Waals surface area contributed by atoms with E-state index in [2.05, 4.69) is 28.3 Å². The number of carboxylic acid groups (broad SMARTS) is 1. The number of ether oxygens (including phenoxy) is 1. The summed E-state index contributed by atoms with van der Waals surface area (Å²) < 4.78 is 6.08. The molecule has 28 heavy (non-hydrogen) atoms. The molecule has 4 N–H and O–H groups in total. The highest BCUT2D eigenvalue weighted by Crippen LogP contribution is 2.44. The Kier molecular flexibility index (Phi) is 7.45. The third-order valence-corrected chi connectivity index (χ3v) is 5.50. The SMILES string of the molecule is O=C(O)CCC/C=C\C[C@@H]1[C@@H](CNNC(=O)Nc2ccccc2)[C@H]2CC[C@@H]1O2. The molecule has 0 spiro atoms. The van der Waals surface area contributed by atoms with Gasteiger partial charge in [-0.05, 0) is 50.2 Å².